The summed E-state index contributed by atoms with van der Waals surface area (Å²) in [5.41, 5.74) is 0. The van der Waals surface area contributed by atoms with Crippen molar-refractivity contribution >= 4 is 0 Å². The Morgan fingerprint density at radius 3 is 3.00 bits per heavy atom. The largest absolute Gasteiger partial charge is 0.303 e. The Balaban J connectivity index is 2.34. The minimum atomic E-state index is 0.267. The normalized spacial score (nSPS) is 29.6. The molecule has 0 aromatic heterocycles. The van der Waals surface area contributed by atoms with E-state index >= 15 is 0 Å². The van der Waals surface area contributed by atoms with E-state index in [9.17, 15) is 0 Å². The average Bonchev–Trinajstić information content (AvgIpc) is 1.88. The molecule has 0 amide bonds. The summed E-state index contributed by atoms with van der Waals surface area (Å²) in [7, 11) is 2.09. The van der Waals surface area contributed by atoms with Crippen molar-refractivity contribution in [2.75, 3.05) is 26.7 Å². The zero-order valence-corrected chi connectivity index (χ0v) is 5.72. The van der Waals surface area contributed by atoms with Gasteiger partial charge in [-0.15, -0.1) is 6.42 Å². The van der Waals surface area contributed by atoms with Crippen molar-refractivity contribution in [3.8, 4) is 12.3 Å². The molecule has 0 aromatic carbocycles. The molecule has 1 rings (SSSR count). The molecule has 2 nitrogen and oxygen atoms in total. The molecule has 0 bridgehead atoms. The predicted molar refractivity (Wildman–Crippen MR) is 38.1 cm³/mol. The molecule has 2 heteroatoms. The van der Waals surface area contributed by atoms with Gasteiger partial charge in [0.15, 0.2) is 0 Å². The van der Waals surface area contributed by atoms with Crippen molar-refractivity contribution in [1.82, 2.24) is 10.2 Å². The van der Waals surface area contributed by atoms with Crippen molar-refractivity contribution in [2.24, 2.45) is 0 Å². The fourth-order valence-corrected chi connectivity index (χ4v) is 1.01. The maximum Gasteiger partial charge on any atom is 0.0816 e. The highest BCUT2D eigenvalue weighted by Crippen LogP contribution is 1.92. The van der Waals surface area contributed by atoms with Crippen molar-refractivity contribution in [1.29, 1.82) is 0 Å². The Labute approximate surface area is 56.2 Å². The lowest BCUT2D eigenvalue weighted by molar-refractivity contribution is 0.265. The van der Waals surface area contributed by atoms with Gasteiger partial charge >= 0.3 is 0 Å². The van der Waals surface area contributed by atoms with Gasteiger partial charge in [0.1, 0.15) is 0 Å². The molecule has 50 valence electrons. The van der Waals surface area contributed by atoms with Gasteiger partial charge in [0.05, 0.1) is 6.04 Å². The number of likely N-dealkylation sites (N-methyl/N-ethyl adjacent to an activating group) is 1. The van der Waals surface area contributed by atoms with E-state index in [2.05, 4.69) is 23.2 Å². The second-order valence-electron chi connectivity index (χ2n) is 2.44. The highest BCUT2D eigenvalue weighted by molar-refractivity contribution is 5.01. The van der Waals surface area contributed by atoms with Crippen LogP contribution >= 0.6 is 0 Å². The summed E-state index contributed by atoms with van der Waals surface area (Å²) in [6.07, 6.45) is 5.23. The fraction of sp³-hybridized carbons (Fsp3) is 0.714. The summed E-state index contributed by atoms with van der Waals surface area (Å²) in [6, 6.07) is 0.267. The lowest BCUT2D eigenvalue weighted by Gasteiger charge is -2.27. The van der Waals surface area contributed by atoms with E-state index in [4.69, 9.17) is 6.42 Å². The highest BCUT2D eigenvalue weighted by Gasteiger charge is 2.12. The van der Waals surface area contributed by atoms with E-state index in [1.165, 1.54) is 0 Å². The lowest BCUT2D eigenvalue weighted by atomic mass is 10.2. The second kappa shape index (κ2) is 2.86. The summed E-state index contributed by atoms with van der Waals surface area (Å²) in [6.45, 7) is 3.11. The van der Waals surface area contributed by atoms with Crippen molar-refractivity contribution in [3.63, 3.8) is 0 Å². The fourth-order valence-electron chi connectivity index (χ4n) is 1.01. The predicted octanol–water partition coefficient (Wildman–Crippen LogP) is -0.477. The van der Waals surface area contributed by atoms with Crippen molar-refractivity contribution in [2.45, 2.75) is 6.04 Å². The van der Waals surface area contributed by atoms with Crippen LogP contribution in [0.15, 0.2) is 0 Å². The van der Waals surface area contributed by atoms with Crippen molar-refractivity contribution in [3.05, 3.63) is 0 Å². The number of hydrogen-bond donors (Lipinski definition) is 1. The average molecular weight is 124 g/mol. The third-order valence-corrected chi connectivity index (χ3v) is 1.58. The first kappa shape index (κ1) is 6.60. The van der Waals surface area contributed by atoms with Gasteiger partial charge in [-0.3, -0.25) is 0 Å². The Hall–Kier alpha value is -0.520. The van der Waals surface area contributed by atoms with Crippen molar-refractivity contribution < 1.29 is 0 Å². The lowest BCUT2D eigenvalue weighted by Crippen LogP contribution is -2.48. The zero-order chi connectivity index (χ0) is 6.69. The summed E-state index contributed by atoms with van der Waals surface area (Å²) in [5, 5.41) is 3.22. The highest BCUT2D eigenvalue weighted by atomic mass is 15.2. The minimum absolute atomic E-state index is 0.267. The Kier molecular flexibility index (Phi) is 2.10. The van der Waals surface area contributed by atoms with Gasteiger partial charge in [0, 0.05) is 19.6 Å². The molecule has 1 heterocycles. The molecule has 1 fully saturated rings. The summed E-state index contributed by atoms with van der Waals surface area (Å²) in [5.74, 6) is 2.68. The third-order valence-electron chi connectivity index (χ3n) is 1.58. The molecule has 9 heavy (non-hydrogen) atoms. The molecule has 0 radical (unpaired) electrons. The number of nitrogens with one attached hydrogen (secondary N) is 1. The Bertz CT molecular complexity index is 125. The molecule has 0 aliphatic carbocycles. The van der Waals surface area contributed by atoms with E-state index in [1.807, 2.05) is 0 Å². The number of piperazine rings is 1. The molecule has 0 saturated carbocycles. The van der Waals surface area contributed by atoms with Crippen LogP contribution in [-0.2, 0) is 0 Å². The number of terminal acetylenes is 1. The van der Waals surface area contributed by atoms with Crippen LogP contribution in [0.25, 0.3) is 0 Å². The van der Waals surface area contributed by atoms with Gasteiger partial charge in [-0.25, -0.2) is 0 Å². The van der Waals surface area contributed by atoms with Gasteiger partial charge < -0.3 is 10.2 Å². The summed E-state index contributed by atoms with van der Waals surface area (Å²) in [4.78, 5) is 2.24. The van der Waals surface area contributed by atoms with Gasteiger partial charge in [-0.2, -0.15) is 0 Å². The number of hydrogen-bond acceptors (Lipinski definition) is 2. The molecule has 1 saturated heterocycles. The second-order valence-corrected chi connectivity index (χ2v) is 2.44. The van der Waals surface area contributed by atoms with E-state index in [0.717, 1.165) is 19.6 Å². The molecular formula is C7H12N2. The first-order chi connectivity index (χ1) is 4.33. The number of rotatable bonds is 0. The summed E-state index contributed by atoms with van der Waals surface area (Å²) >= 11 is 0. The molecule has 0 unspecified atom stereocenters. The van der Waals surface area contributed by atoms with Crippen LogP contribution in [0.4, 0.5) is 0 Å². The Morgan fingerprint density at radius 2 is 2.56 bits per heavy atom. The van der Waals surface area contributed by atoms with Gasteiger partial charge in [0.2, 0.25) is 0 Å². The topological polar surface area (TPSA) is 15.3 Å². The van der Waals surface area contributed by atoms with Gasteiger partial charge in [0.25, 0.3) is 0 Å². The first-order valence-corrected chi connectivity index (χ1v) is 3.21. The molecule has 1 aliphatic rings. The third kappa shape index (κ3) is 1.70. The molecule has 0 aromatic rings. The van der Waals surface area contributed by atoms with Crippen LogP contribution in [-0.4, -0.2) is 37.6 Å². The van der Waals surface area contributed by atoms with E-state index < -0.39 is 0 Å². The molecular weight excluding hydrogens is 112 g/mol. The van der Waals surface area contributed by atoms with Crippen LogP contribution in [0, 0.1) is 12.3 Å². The van der Waals surface area contributed by atoms with Crippen LogP contribution in [0.1, 0.15) is 0 Å². The van der Waals surface area contributed by atoms with Crippen LogP contribution < -0.4 is 5.32 Å². The standard InChI is InChI=1S/C7H12N2/c1-3-7-6-9(2)5-4-8-7/h1,7-8H,4-6H2,2H3/t7-/m0/s1. The van der Waals surface area contributed by atoms with Crippen LogP contribution in [0.3, 0.4) is 0 Å². The van der Waals surface area contributed by atoms with Crippen LogP contribution in [0.5, 0.6) is 0 Å². The smallest absolute Gasteiger partial charge is 0.0816 e. The zero-order valence-electron chi connectivity index (χ0n) is 5.72. The summed E-state index contributed by atoms with van der Waals surface area (Å²) < 4.78 is 0. The van der Waals surface area contributed by atoms with E-state index in [-0.39, 0.29) is 6.04 Å². The maximum absolute atomic E-state index is 5.23. The molecule has 1 N–H and O–H groups in total. The van der Waals surface area contributed by atoms with E-state index in [0.29, 0.717) is 0 Å². The maximum atomic E-state index is 5.23. The van der Waals surface area contributed by atoms with Crippen LogP contribution in [0.2, 0.25) is 0 Å². The SMILES string of the molecule is C#C[C@H]1CN(C)CCN1. The molecule has 0 spiro atoms. The minimum Gasteiger partial charge on any atom is -0.303 e. The van der Waals surface area contributed by atoms with Gasteiger partial charge in [-0.05, 0) is 7.05 Å². The number of nitrogens with zero attached hydrogens (tertiary/aromatic N) is 1. The molecule has 1 aliphatic heterocycles. The quantitative estimate of drug-likeness (QED) is 0.439. The monoisotopic (exact) mass is 124 g/mol. The molecule has 1 atom stereocenters. The first-order valence-electron chi connectivity index (χ1n) is 3.21. The van der Waals surface area contributed by atoms with Gasteiger partial charge in [-0.1, -0.05) is 5.92 Å². The Morgan fingerprint density at radius 1 is 1.78 bits per heavy atom. The van der Waals surface area contributed by atoms with E-state index in [1.54, 1.807) is 0 Å².